The van der Waals surface area contributed by atoms with Crippen LogP contribution in [0.1, 0.15) is 27.2 Å². The number of halogens is 3. The highest BCUT2D eigenvalue weighted by atomic mass is 19.4. The summed E-state index contributed by atoms with van der Waals surface area (Å²) in [4.78, 5) is 16.0. The maximum Gasteiger partial charge on any atom is 0.390 e. The zero-order chi connectivity index (χ0) is 16.8. The van der Waals surface area contributed by atoms with Gasteiger partial charge in [-0.15, -0.1) is 0 Å². The van der Waals surface area contributed by atoms with Crippen molar-refractivity contribution in [2.24, 2.45) is 11.8 Å². The summed E-state index contributed by atoms with van der Waals surface area (Å²) in [5.74, 6) is -0.122. The van der Waals surface area contributed by atoms with Gasteiger partial charge in [0.2, 0.25) is 5.91 Å². The molecule has 1 aliphatic rings. The van der Waals surface area contributed by atoms with Crippen LogP contribution in [0.4, 0.5) is 13.2 Å². The Bertz CT molecular complexity index is 341. The van der Waals surface area contributed by atoms with Crippen LogP contribution in [0.3, 0.4) is 0 Å². The van der Waals surface area contributed by atoms with Crippen molar-refractivity contribution in [2.45, 2.75) is 33.4 Å². The highest BCUT2D eigenvalue weighted by Crippen LogP contribution is 2.22. The molecule has 0 bridgehead atoms. The van der Waals surface area contributed by atoms with Gasteiger partial charge in [0.05, 0.1) is 6.42 Å². The number of hydrogen-bond donors (Lipinski definition) is 1. The Morgan fingerprint density at radius 1 is 1.18 bits per heavy atom. The molecule has 1 fully saturated rings. The van der Waals surface area contributed by atoms with Crippen LogP contribution in [-0.2, 0) is 4.79 Å². The third kappa shape index (κ3) is 6.12. The molecule has 1 N–H and O–H groups in total. The summed E-state index contributed by atoms with van der Waals surface area (Å²) >= 11 is 0. The minimum absolute atomic E-state index is 0.150. The molecular weight excluding hydrogens is 295 g/mol. The fraction of sp³-hybridized carbons (Fsp3) is 0.933. The highest BCUT2D eigenvalue weighted by molar-refractivity contribution is 5.79. The molecule has 130 valence electrons. The van der Waals surface area contributed by atoms with E-state index in [4.69, 9.17) is 0 Å². The number of alkyl halides is 3. The molecule has 7 heteroatoms. The molecule has 1 amide bonds. The van der Waals surface area contributed by atoms with Crippen molar-refractivity contribution in [3.63, 3.8) is 0 Å². The Hall–Kier alpha value is -0.820. The molecule has 4 nitrogen and oxygen atoms in total. The van der Waals surface area contributed by atoms with Crippen molar-refractivity contribution in [1.82, 2.24) is 15.1 Å². The quantitative estimate of drug-likeness (QED) is 0.705. The first kappa shape index (κ1) is 19.2. The van der Waals surface area contributed by atoms with E-state index in [1.807, 2.05) is 20.8 Å². The average Bonchev–Trinajstić information content (AvgIpc) is 2.39. The Labute approximate surface area is 131 Å². The van der Waals surface area contributed by atoms with E-state index < -0.39 is 12.6 Å². The van der Waals surface area contributed by atoms with E-state index >= 15 is 0 Å². The summed E-state index contributed by atoms with van der Waals surface area (Å²) in [6.45, 7) is 9.79. The third-order valence-corrected chi connectivity index (χ3v) is 4.47. The molecule has 0 aliphatic carbocycles. The van der Waals surface area contributed by atoms with Crippen LogP contribution in [0.15, 0.2) is 0 Å². The lowest BCUT2D eigenvalue weighted by Gasteiger charge is -2.36. The number of carbonyl (C=O) groups is 1. The predicted octanol–water partition coefficient (Wildman–Crippen LogP) is 1.96. The SMILES string of the molecule is CCN(CC)CCN(CCC(F)(F)F)C(=O)C(C)C1CNC1. The highest BCUT2D eigenvalue weighted by Gasteiger charge is 2.34. The van der Waals surface area contributed by atoms with Crippen molar-refractivity contribution in [2.75, 3.05) is 45.8 Å². The van der Waals surface area contributed by atoms with E-state index in [1.54, 1.807) is 0 Å². The molecule has 1 saturated heterocycles. The van der Waals surface area contributed by atoms with Crippen LogP contribution < -0.4 is 5.32 Å². The van der Waals surface area contributed by atoms with Gasteiger partial charge >= 0.3 is 6.18 Å². The largest absolute Gasteiger partial charge is 0.390 e. The summed E-state index contributed by atoms with van der Waals surface area (Å²) in [5.41, 5.74) is 0. The fourth-order valence-corrected chi connectivity index (χ4v) is 2.55. The maximum atomic E-state index is 12.5. The van der Waals surface area contributed by atoms with Crippen LogP contribution in [0.25, 0.3) is 0 Å². The molecule has 0 aromatic heterocycles. The van der Waals surface area contributed by atoms with E-state index in [2.05, 4.69) is 10.2 Å². The first-order valence-electron chi connectivity index (χ1n) is 8.07. The molecule has 0 spiro atoms. The van der Waals surface area contributed by atoms with Gasteiger partial charge in [-0.2, -0.15) is 13.2 Å². The van der Waals surface area contributed by atoms with E-state index in [9.17, 15) is 18.0 Å². The van der Waals surface area contributed by atoms with Gasteiger partial charge in [-0.3, -0.25) is 4.79 Å². The minimum Gasteiger partial charge on any atom is -0.341 e. The van der Waals surface area contributed by atoms with E-state index in [0.29, 0.717) is 13.1 Å². The van der Waals surface area contributed by atoms with Gasteiger partial charge in [-0.05, 0) is 32.1 Å². The molecule has 22 heavy (non-hydrogen) atoms. The van der Waals surface area contributed by atoms with Crippen LogP contribution in [0.2, 0.25) is 0 Å². The summed E-state index contributed by atoms with van der Waals surface area (Å²) in [6.07, 6.45) is -5.17. The molecule has 1 unspecified atom stereocenters. The van der Waals surface area contributed by atoms with Crippen LogP contribution >= 0.6 is 0 Å². The van der Waals surface area contributed by atoms with Crippen molar-refractivity contribution >= 4 is 5.91 Å². The Balaban J connectivity index is 2.60. The summed E-state index contributed by atoms with van der Waals surface area (Å²) in [7, 11) is 0. The number of carbonyl (C=O) groups excluding carboxylic acids is 1. The summed E-state index contributed by atoms with van der Waals surface area (Å²) in [5, 5.41) is 3.10. The second kappa shape index (κ2) is 8.72. The van der Waals surface area contributed by atoms with E-state index in [0.717, 1.165) is 26.2 Å². The molecule has 1 aliphatic heterocycles. The van der Waals surface area contributed by atoms with Gasteiger partial charge in [-0.25, -0.2) is 0 Å². The maximum absolute atomic E-state index is 12.5. The van der Waals surface area contributed by atoms with Gasteiger partial charge in [0, 0.05) is 25.6 Å². The molecule has 1 heterocycles. The average molecular weight is 323 g/mol. The first-order valence-corrected chi connectivity index (χ1v) is 8.07. The second-order valence-electron chi connectivity index (χ2n) is 5.92. The number of rotatable bonds is 9. The monoisotopic (exact) mass is 323 g/mol. The third-order valence-electron chi connectivity index (χ3n) is 4.47. The first-order chi connectivity index (χ1) is 10.3. The van der Waals surface area contributed by atoms with Gasteiger partial charge in [0.1, 0.15) is 0 Å². The zero-order valence-electron chi connectivity index (χ0n) is 13.7. The topological polar surface area (TPSA) is 35.6 Å². The Morgan fingerprint density at radius 2 is 1.77 bits per heavy atom. The van der Waals surface area contributed by atoms with Gasteiger partial charge in [0.15, 0.2) is 0 Å². The van der Waals surface area contributed by atoms with Crippen molar-refractivity contribution in [3.8, 4) is 0 Å². The standard InChI is InChI=1S/C15H28F3N3O/c1-4-20(5-2)8-9-21(7-6-15(16,17)18)14(22)12(3)13-10-19-11-13/h12-13,19H,4-11H2,1-3H3. The second-order valence-corrected chi connectivity index (χ2v) is 5.92. The molecule has 1 rings (SSSR count). The molecular formula is C15H28F3N3O. The fourth-order valence-electron chi connectivity index (χ4n) is 2.55. The van der Waals surface area contributed by atoms with Crippen molar-refractivity contribution in [3.05, 3.63) is 0 Å². The van der Waals surface area contributed by atoms with Crippen LogP contribution in [0.5, 0.6) is 0 Å². The lowest BCUT2D eigenvalue weighted by Crippen LogP contribution is -2.51. The Morgan fingerprint density at radius 3 is 2.18 bits per heavy atom. The van der Waals surface area contributed by atoms with Crippen molar-refractivity contribution < 1.29 is 18.0 Å². The lowest BCUT2D eigenvalue weighted by atomic mass is 9.88. The summed E-state index contributed by atoms with van der Waals surface area (Å²) in [6, 6.07) is 0. The normalized spacial score (nSPS) is 17.4. The van der Waals surface area contributed by atoms with Crippen molar-refractivity contribution in [1.29, 1.82) is 0 Å². The molecule has 0 radical (unpaired) electrons. The number of likely N-dealkylation sites (N-methyl/N-ethyl adjacent to an activating group) is 1. The van der Waals surface area contributed by atoms with Gasteiger partial charge in [-0.1, -0.05) is 20.8 Å². The number of hydrogen-bond acceptors (Lipinski definition) is 3. The number of nitrogens with one attached hydrogen (secondary N) is 1. The smallest absolute Gasteiger partial charge is 0.341 e. The van der Waals surface area contributed by atoms with Gasteiger partial charge in [0.25, 0.3) is 0 Å². The lowest BCUT2D eigenvalue weighted by molar-refractivity contribution is -0.148. The number of amides is 1. The Kier molecular flexibility index (Phi) is 7.62. The number of nitrogens with zero attached hydrogens (tertiary/aromatic N) is 2. The minimum atomic E-state index is -4.23. The predicted molar refractivity (Wildman–Crippen MR) is 80.6 cm³/mol. The van der Waals surface area contributed by atoms with Crippen LogP contribution in [-0.4, -0.2) is 67.7 Å². The van der Waals surface area contributed by atoms with Crippen LogP contribution in [0, 0.1) is 11.8 Å². The zero-order valence-corrected chi connectivity index (χ0v) is 13.7. The van der Waals surface area contributed by atoms with E-state index in [1.165, 1.54) is 4.90 Å². The van der Waals surface area contributed by atoms with Gasteiger partial charge < -0.3 is 15.1 Å². The molecule has 1 atom stereocenters. The molecule has 0 saturated carbocycles. The molecule has 0 aromatic carbocycles. The molecule has 0 aromatic rings. The summed E-state index contributed by atoms with van der Waals surface area (Å²) < 4.78 is 37.5. The van der Waals surface area contributed by atoms with E-state index in [-0.39, 0.29) is 24.3 Å².